The van der Waals surface area contributed by atoms with Crippen molar-refractivity contribution in [3.05, 3.63) is 91.0 Å². The molecule has 0 aromatic heterocycles. The molecule has 8 nitrogen and oxygen atoms in total. The summed E-state index contributed by atoms with van der Waals surface area (Å²) < 4.78 is 12.2. The number of amides is 2. The Hall–Kier alpha value is -4.01. The molecule has 6 atom stereocenters. The van der Waals surface area contributed by atoms with E-state index in [0.29, 0.717) is 24.9 Å². The van der Waals surface area contributed by atoms with Gasteiger partial charge in [0.15, 0.2) is 0 Å². The first kappa shape index (κ1) is 29.1. The van der Waals surface area contributed by atoms with Crippen molar-refractivity contribution in [1.82, 2.24) is 4.90 Å². The summed E-state index contributed by atoms with van der Waals surface area (Å²) in [5.41, 5.74) is -0.579. The number of nitrogens with zero attached hydrogens (tertiary/aromatic N) is 2. The van der Waals surface area contributed by atoms with Gasteiger partial charge in [0.2, 0.25) is 5.91 Å². The molecule has 2 unspecified atom stereocenters. The predicted octanol–water partition coefficient (Wildman–Crippen LogP) is 4.29. The third-order valence-corrected chi connectivity index (χ3v) is 9.53. The summed E-state index contributed by atoms with van der Waals surface area (Å²) in [6.45, 7) is 7.52. The summed E-state index contributed by atoms with van der Waals surface area (Å²) in [5.74, 6) is -2.91. The molecule has 1 N–H and O–H groups in total. The Kier molecular flexibility index (Phi) is 7.60. The lowest BCUT2D eigenvalue weighted by molar-refractivity contribution is -0.160. The molecular formula is C35H38N2O6. The summed E-state index contributed by atoms with van der Waals surface area (Å²) in [6.07, 6.45) is 2.95. The number of hydrogen-bond donors (Lipinski definition) is 1. The second-order valence-corrected chi connectivity index (χ2v) is 12.0. The number of carbonyl (C=O) groups is 3. The van der Waals surface area contributed by atoms with Crippen LogP contribution in [0.1, 0.15) is 32.3 Å². The Labute approximate surface area is 251 Å². The van der Waals surface area contributed by atoms with Gasteiger partial charge in [0.1, 0.15) is 17.6 Å². The van der Waals surface area contributed by atoms with Crippen LogP contribution in [0.5, 0.6) is 0 Å². The molecule has 0 radical (unpaired) electrons. The smallest absolute Gasteiger partial charge is 0.312 e. The van der Waals surface area contributed by atoms with Crippen LogP contribution in [0.3, 0.4) is 0 Å². The van der Waals surface area contributed by atoms with Crippen molar-refractivity contribution in [1.29, 1.82) is 0 Å². The lowest BCUT2D eigenvalue weighted by Crippen LogP contribution is -2.59. The van der Waals surface area contributed by atoms with Crippen LogP contribution in [-0.4, -0.2) is 70.8 Å². The van der Waals surface area contributed by atoms with E-state index >= 15 is 0 Å². The van der Waals surface area contributed by atoms with Gasteiger partial charge in [0.05, 0.1) is 30.8 Å². The number of anilines is 1. The van der Waals surface area contributed by atoms with E-state index in [1.165, 1.54) is 4.90 Å². The summed E-state index contributed by atoms with van der Waals surface area (Å²) in [6, 6.07) is 21.5. The van der Waals surface area contributed by atoms with E-state index in [1.54, 1.807) is 17.9 Å². The first-order valence-electron chi connectivity index (χ1n) is 15.0. The second-order valence-electron chi connectivity index (χ2n) is 12.0. The first-order valence-corrected chi connectivity index (χ1v) is 15.0. The van der Waals surface area contributed by atoms with Crippen LogP contribution < -0.4 is 4.90 Å². The molecule has 2 amide bonds. The van der Waals surface area contributed by atoms with Gasteiger partial charge < -0.3 is 24.4 Å². The molecule has 1 spiro atoms. The maximum atomic E-state index is 14.9. The minimum absolute atomic E-state index is 0.174. The monoisotopic (exact) mass is 582 g/mol. The molecule has 8 heteroatoms. The van der Waals surface area contributed by atoms with Crippen molar-refractivity contribution in [3.8, 4) is 0 Å². The lowest BCUT2D eigenvalue weighted by atomic mass is 9.66. The van der Waals surface area contributed by atoms with E-state index in [1.807, 2.05) is 79.7 Å². The van der Waals surface area contributed by atoms with Gasteiger partial charge in [-0.25, -0.2) is 0 Å². The van der Waals surface area contributed by atoms with Crippen LogP contribution in [0, 0.1) is 11.8 Å². The number of carbonyl (C=O) groups excluding carboxylic acids is 3. The first-order chi connectivity index (χ1) is 20.8. The van der Waals surface area contributed by atoms with Crippen LogP contribution in [0.2, 0.25) is 0 Å². The largest absolute Gasteiger partial charge is 0.466 e. The van der Waals surface area contributed by atoms with Crippen molar-refractivity contribution < 1.29 is 29.0 Å². The van der Waals surface area contributed by atoms with Gasteiger partial charge in [-0.15, -0.1) is 6.58 Å². The number of aliphatic hydroxyl groups excluding tert-OH is 1. The molecule has 0 aliphatic carbocycles. The van der Waals surface area contributed by atoms with Crippen LogP contribution in [0.4, 0.5) is 5.69 Å². The highest BCUT2D eigenvalue weighted by molar-refractivity contribution is 6.05. The van der Waals surface area contributed by atoms with Crippen LogP contribution >= 0.6 is 0 Å². The van der Waals surface area contributed by atoms with Crippen molar-refractivity contribution in [2.24, 2.45) is 11.8 Å². The topological polar surface area (TPSA) is 96.4 Å². The number of fused-ring (bicyclic) bond motifs is 2. The van der Waals surface area contributed by atoms with Crippen molar-refractivity contribution in [2.45, 2.75) is 56.4 Å². The molecule has 3 aliphatic rings. The Morgan fingerprint density at radius 3 is 2.53 bits per heavy atom. The highest BCUT2D eigenvalue weighted by Crippen LogP contribution is 2.63. The highest BCUT2D eigenvalue weighted by Gasteiger charge is 2.79. The van der Waals surface area contributed by atoms with E-state index in [-0.39, 0.29) is 31.6 Å². The normalized spacial score (nSPS) is 28.1. The van der Waals surface area contributed by atoms with Crippen LogP contribution in [-0.2, 0) is 30.3 Å². The minimum atomic E-state index is -1.24. The van der Waals surface area contributed by atoms with Gasteiger partial charge in [0.25, 0.3) is 5.91 Å². The molecule has 3 aromatic rings. The van der Waals surface area contributed by atoms with Gasteiger partial charge in [-0.1, -0.05) is 66.7 Å². The highest BCUT2D eigenvalue weighted by atomic mass is 16.6. The number of esters is 1. The number of likely N-dealkylation sites (tertiary alicyclic amines) is 1. The molecule has 3 heterocycles. The summed E-state index contributed by atoms with van der Waals surface area (Å²) >= 11 is 0. The minimum Gasteiger partial charge on any atom is -0.466 e. The van der Waals surface area contributed by atoms with Gasteiger partial charge in [-0.05, 0) is 61.6 Å². The number of hydrogen-bond acceptors (Lipinski definition) is 6. The zero-order valence-electron chi connectivity index (χ0n) is 24.6. The standard InChI is InChI=1S/C35H38N2O6/c1-4-19-36(26-16-15-24-13-9-10-14-25(24)21-26)32(40)30-35-18-17-34(3,43-35)29(33(41)42-5-2)28(35)31(39)37(30)27(22-38)20-23-11-7-6-8-12-23/h4,6-16,21,27-30,38H,1,5,17-20,22H2,2-3H3/t27-,28+,29-,30?,34+,35?/m1/s1. The Balaban J connectivity index is 1.47. The maximum Gasteiger partial charge on any atom is 0.312 e. The average Bonchev–Trinajstić information content (AvgIpc) is 3.59. The van der Waals surface area contributed by atoms with E-state index in [9.17, 15) is 19.5 Å². The third-order valence-electron chi connectivity index (χ3n) is 9.53. The van der Waals surface area contributed by atoms with Gasteiger partial charge in [0, 0.05) is 12.2 Å². The Morgan fingerprint density at radius 2 is 1.84 bits per heavy atom. The number of ether oxygens (including phenoxy) is 2. The van der Waals surface area contributed by atoms with Gasteiger partial charge >= 0.3 is 5.97 Å². The summed E-state index contributed by atoms with van der Waals surface area (Å²) in [4.78, 5) is 46.1. The SMILES string of the molecule is C=CCN(C(=O)C1N([C@@H](CO)Cc2ccccc2)C(=O)[C@@H]2[C@H](C(=O)OCC)[C@]3(C)CCC12O3)c1ccc2ccccc2c1. The van der Waals surface area contributed by atoms with Crippen LogP contribution in [0.15, 0.2) is 85.5 Å². The average molecular weight is 583 g/mol. The molecule has 3 aromatic carbocycles. The van der Waals surface area contributed by atoms with Gasteiger partial charge in [-0.3, -0.25) is 14.4 Å². The molecule has 3 saturated heterocycles. The third kappa shape index (κ3) is 4.64. The van der Waals surface area contributed by atoms with E-state index in [2.05, 4.69) is 6.58 Å². The summed E-state index contributed by atoms with van der Waals surface area (Å²) in [5, 5.41) is 12.7. The number of rotatable bonds is 10. The molecule has 224 valence electrons. The molecule has 3 fully saturated rings. The quantitative estimate of drug-likeness (QED) is 0.283. The molecule has 3 aliphatic heterocycles. The predicted molar refractivity (Wildman–Crippen MR) is 163 cm³/mol. The van der Waals surface area contributed by atoms with Gasteiger partial charge in [-0.2, -0.15) is 0 Å². The van der Waals surface area contributed by atoms with E-state index in [0.717, 1.165) is 16.3 Å². The zero-order chi connectivity index (χ0) is 30.4. The molecule has 6 rings (SSSR count). The Morgan fingerprint density at radius 1 is 1.12 bits per heavy atom. The van der Waals surface area contributed by atoms with Crippen molar-refractivity contribution in [3.63, 3.8) is 0 Å². The van der Waals surface area contributed by atoms with Crippen LogP contribution in [0.25, 0.3) is 10.8 Å². The Bertz CT molecular complexity index is 1560. The maximum absolute atomic E-state index is 14.9. The zero-order valence-corrected chi connectivity index (χ0v) is 24.6. The fourth-order valence-electron chi connectivity index (χ4n) is 7.71. The van der Waals surface area contributed by atoms with E-state index in [4.69, 9.17) is 9.47 Å². The van der Waals surface area contributed by atoms with Crippen molar-refractivity contribution >= 4 is 34.2 Å². The molecule has 0 saturated carbocycles. The fraction of sp³-hybridized carbons (Fsp3) is 0.400. The number of aliphatic hydroxyl groups is 1. The second kappa shape index (κ2) is 11.2. The van der Waals surface area contributed by atoms with Crippen molar-refractivity contribution in [2.75, 3.05) is 24.7 Å². The van der Waals surface area contributed by atoms with E-state index < -0.39 is 41.1 Å². The molecular weight excluding hydrogens is 544 g/mol. The molecule has 43 heavy (non-hydrogen) atoms. The summed E-state index contributed by atoms with van der Waals surface area (Å²) in [7, 11) is 0. The lowest BCUT2D eigenvalue weighted by Gasteiger charge is -2.39. The fourth-order valence-corrected chi connectivity index (χ4v) is 7.71. The molecule has 2 bridgehead atoms. The number of benzene rings is 3.